The van der Waals surface area contributed by atoms with Gasteiger partial charge in [-0.15, -0.1) is 0 Å². The van der Waals surface area contributed by atoms with E-state index in [9.17, 15) is 8.42 Å². The molecule has 0 saturated heterocycles. The quantitative estimate of drug-likeness (QED) is 0.826. The normalized spacial score (nSPS) is 36.2. The summed E-state index contributed by atoms with van der Waals surface area (Å²) in [7, 11) is -2.84. The lowest BCUT2D eigenvalue weighted by molar-refractivity contribution is 0.134. The highest BCUT2D eigenvalue weighted by Gasteiger charge is 2.37. The SMILES string of the molecule is CC1CCCC(N)(CCCS(C)(=O)=O)C1C. The van der Waals surface area contributed by atoms with Crippen molar-refractivity contribution in [1.82, 2.24) is 0 Å². The zero-order valence-electron chi connectivity index (χ0n) is 10.7. The summed E-state index contributed by atoms with van der Waals surface area (Å²) < 4.78 is 22.2. The molecule has 0 radical (unpaired) electrons. The maximum Gasteiger partial charge on any atom is 0.147 e. The highest BCUT2D eigenvalue weighted by Crippen LogP contribution is 2.38. The Hall–Kier alpha value is -0.0900. The first-order valence-electron chi connectivity index (χ1n) is 6.21. The fourth-order valence-electron chi connectivity index (χ4n) is 2.81. The minimum atomic E-state index is -2.84. The molecule has 1 aliphatic rings. The Morgan fingerprint density at radius 1 is 1.38 bits per heavy atom. The van der Waals surface area contributed by atoms with Crippen LogP contribution < -0.4 is 5.73 Å². The summed E-state index contributed by atoms with van der Waals surface area (Å²) in [6.07, 6.45) is 6.32. The summed E-state index contributed by atoms with van der Waals surface area (Å²) in [6, 6.07) is 0. The maximum absolute atomic E-state index is 11.1. The minimum Gasteiger partial charge on any atom is -0.325 e. The third-order valence-electron chi connectivity index (χ3n) is 4.22. The molecule has 3 nitrogen and oxygen atoms in total. The summed E-state index contributed by atoms with van der Waals surface area (Å²) in [6.45, 7) is 4.46. The van der Waals surface area contributed by atoms with Gasteiger partial charge in [-0.05, 0) is 31.1 Å². The van der Waals surface area contributed by atoms with Gasteiger partial charge in [0.15, 0.2) is 0 Å². The lowest BCUT2D eigenvalue weighted by atomic mass is 9.67. The predicted octanol–water partition coefficient (Wildman–Crippen LogP) is 1.96. The lowest BCUT2D eigenvalue weighted by Crippen LogP contribution is -2.51. The second kappa shape index (κ2) is 5.05. The van der Waals surface area contributed by atoms with Crippen LogP contribution >= 0.6 is 0 Å². The summed E-state index contributed by atoms with van der Waals surface area (Å²) in [5, 5.41) is 0. The van der Waals surface area contributed by atoms with E-state index in [0.29, 0.717) is 18.3 Å². The predicted molar refractivity (Wildman–Crippen MR) is 68.0 cm³/mol. The molecule has 3 unspecified atom stereocenters. The first-order valence-corrected chi connectivity index (χ1v) is 8.27. The van der Waals surface area contributed by atoms with Gasteiger partial charge in [0.1, 0.15) is 9.84 Å². The zero-order valence-corrected chi connectivity index (χ0v) is 11.5. The van der Waals surface area contributed by atoms with E-state index in [-0.39, 0.29) is 11.3 Å². The summed E-state index contributed by atoms with van der Waals surface area (Å²) in [5.74, 6) is 1.44. The largest absolute Gasteiger partial charge is 0.325 e. The van der Waals surface area contributed by atoms with Gasteiger partial charge in [0.2, 0.25) is 0 Å². The molecule has 1 rings (SSSR count). The van der Waals surface area contributed by atoms with Gasteiger partial charge < -0.3 is 5.73 Å². The molecule has 4 heteroatoms. The number of sulfone groups is 1. The minimum absolute atomic E-state index is 0.137. The van der Waals surface area contributed by atoms with E-state index < -0.39 is 9.84 Å². The van der Waals surface area contributed by atoms with Crippen LogP contribution in [0.1, 0.15) is 46.0 Å². The Morgan fingerprint density at radius 2 is 2.00 bits per heavy atom. The average Bonchev–Trinajstić information content (AvgIpc) is 2.12. The van der Waals surface area contributed by atoms with Crippen LogP contribution in [0.25, 0.3) is 0 Å². The molecule has 3 atom stereocenters. The van der Waals surface area contributed by atoms with Crippen molar-refractivity contribution < 1.29 is 8.42 Å². The van der Waals surface area contributed by atoms with Gasteiger partial charge in [0.25, 0.3) is 0 Å². The van der Waals surface area contributed by atoms with Crippen molar-refractivity contribution in [3.05, 3.63) is 0 Å². The highest BCUT2D eigenvalue weighted by molar-refractivity contribution is 7.90. The molecule has 96 valence electrons. The summed E-state index contributed by atoms with van der Waals surface area (Å²) >= 11 is 0. The Morgan fingerprint density at radius 3 is 2.56 bits per heavy atom. The van der Waals surface area contributed by atoms with E-state index in [4.69, 9.17) is 5.73 Å². The van der Waals surface area contributed by atoms with Crippen LogP contribution in [-0.2, 0) is 9.84 Å². The smallest absolute Gasteiger partial charge is 0.147 e. The Labute approximate surface area is 99.7 Å². The second-order valence-corrected chi connectivity index (χ2v) is 7.88. The van der Waals surface area contributed by atoms with Crippen LogP contribution in [0.5, 0.6) is 0 Å². The first kappa shape index (κ1) is 14.0. The molecule has 1 aliphatic carbocycles. The fourth-order valence-corrected chi connectivity index (χ4v) is 3.48. The molecule has 0 amide bonds. The van der Waals surface area contributed by atoms with Crippen LogP contribution in [-0.4, -0.2) is 26.0 Å². The molecule has 1 saturated carbocycles. The molecule has 0 bridgehead atoms. The summed E-state index contributed by atoms with van der Waals surface area (Å²) in [4.78, 5) is 0. The van der Waals surface area contributed by atoms with Crippen molar-refractivity contribution in [3.8, 4) is 0 Å². The Kier molecular flexibility index (Phi) is 4.41. The van der Waals surface area contributed by atoms with E-state index in [2.05, 4.69) is 13.8 Å². The highest BCUT2D eigenvalue weighted by atomic mass is 32.2. The molecule has 1 fully saturated rings. The van der Waals surface area contributed by atoms with Crippen LogP contribution in [0.3, 0.4) is 0 Å². The van der Waals surface area contributed by atoms with Gasteiger partial charge in [0.05, 0.1) is 0 Å². The third-order valence-corrected chi connectivity index (χ3v) is 5.25. The number of rotatable bonds is 4. The average molecular weight is 247 g/mol. The van der Waals surface area contributed by atoms with Gasteiger partial charge in [-0.2, -0.15) is 0 Å². The zero-order chi connectivity index (χ0) is 12.4. The van der Waals surface area contributed by atoms with Crippen molar-refractivity contribution in [2.45, 2.75) is 51.5 Å². The van der Waals surface area contributed by atoms with E-state index in [1.807, 2.05) is 0 Å². The molecule has 0 aliphatic heterocycles. The molecular formula is C12H25NO2S. The topological polar surface area (TPSA) is 60.2 Å². The van der Waals surface area contributed by atoms with E-state index in [1.165, 1.54) is 19.1 Å². The van der Waals surface area contributed by atoms with Crippen molar-refractivity contribution >= 4 is 9.84 Å². The Bertz CT molecular complexity index is 326. The van der Waals surface area contributed by atoms with Crippen molar-refractivity contribution in [2.75, 3.05) is 12.0 Å². The molecule has 0 heterocycles. The number of hydrogen-bond donors (Lipinski definition) is 1. The van der Waals surface area contributed by atoms with Crippen molar-refractivity contribution in [3.63, 3.8) is 0 Å². The molecule has 0 aromatic rings. The molecule has 0 spiro atoms. The van der Waals surface area contributed by atoms with Crippen LogP contribution in [0.2, 0.25) is 0 Å². The number of hydrogen-bond acceptors (Lipinski definition) is 3. The molecule has 2 N–H and O–H groups in total. The molecule has 0 aromatic heterocycles. The summed E-state index contributed by atoms with van der Waals surface area (Å²) in [5.41, 5.74) is 6.29. The first-order chi connectivity index (χ1) is 7.25. The van der Waals surface area contributed by atoms with Crippen molar-refractivity contribution in [1.29, 1.82) is 0 Å². The van der Waals surface area contributed by atoms with E-state index in [0.717, 1.165) is 12.8 Å². The monoisotopic (exact) mass is 247 g/mol. The van der Waals surface area contributed by atoms with Gasteiger partial charge in [-0.3, -0.25) is 0 Å². The third kappa shape index (κ3) is 3.74. The molecule has 0 aromatic carbocycles. The van der Waals surface area contributed by atoms with E-state index >= 15 is 0 Å². The van der Waals surface area contributed by atoms with Crippen LogP contribution in [0.15, 0.2) is 0 Å². The van der Waals surface area contributed by atoms with Gasteiger partial charge >= 0.3 is 0 Å². The molecule has 16 heavy (non-hydrogen) atoms. The van der Waals surface area contributed by atoms with Gasteiger partial charge in [-0.1, -0.05) is 26.7 Å². The van der Waals surface area contributed by atoms with Crippen LogP contribution in [0.4, 0.5) is 0 Å². The second-order valence-electron chi connectivity index (χ2n) is 5.62. The van der Waals surface area contributed by atoms with Gasteiger partial charge in [0, 0.05) is 17.5 Å². The van der Waals surface area contributed by atoms with Crippen molar-refractivity contribution in [2.24, 2.45) is 17.6 Å². The Balaban J connectivity index is 2.50. The number of nitrogens with two attached hydrogens (primary N) is 1. The van der Waals surface area contributed by atoms with Crippen LogP contribution in [0, 0.1) is 11.8 Å². The van der Waals surface area contributed by atoms with Gasteiger partial charge in [-0.25, -0.2) is 8.42 Å². The standard InChI is InChI=1S/C12H25NO2S/c1-10-6-4-7-12(13,11(10)2)8-5-9-16(3,14)15/h10-11H,4-9,13H2,1-3H3. The maximum atomic E-state index is 11.1. The lowest BCUT2D eigenvalue weighted by Gasteiger charge is -2.43. The fraction of sp³-hybridized carbons (Fsp3) is 1.00. The van der Waals surface area contributed by atoms with E-state index in [1.54, 1.807) is 0 Å². The molecular weight excluding hydrogens is 222 g/mol.